The van der Waals surface area contributed by atoms with Crippen molar-refractivity contribution in [3.05, 3.63) is 0 Å². The van der Waals surface area contributed by atoms with E-state index in [1.165, 1.54) is 45.3 Å². The van der Waals surface area contributed by atoms with Gasteiger partial charge in [-0.05, 0) is 70.6 Å². The molecule has 1 atom stereocenters. The Morgan fingerprint density at radius 1 is 1.26 bits per heavy atom. The van der Waals surface area contributed by atoms with Gasteiger partial charge in [0, 0.05) is 5.54 Å². The second-order valence-corrected chi connectivity index (χ2v) is 7.21. The first-order chi connectivity index (χ1) is 8.91. The van der Waals surface area contributed by atoms with Crippen LogP contribution in [0.25, 0.3) is 0 Å². The molecule has 1 rings (SSSR count). The van der Waals surface area contributed by atoms with Crippen LogP contribution in [0.5, 0.6) is 0 Å². The molecule has 1 heterocycles. The molecular weight excluding hydrogens is 236 g/mol. The molecular formula is C16H34N2O. The monoisotopic (exact) mass is 270 g/mol. The van der Waals surface area contributed by atoms with Crippen molar-refractivity contribution in [3.63, 3.8) is 0 Å². The van der Waals surface area contributed by atoms with Gasteiger partial charge in [0.25, 0.3) is 0 Å². The number of rotatable bonds is 7. The lowest BCUT2D eigenvalue weighted by molar-refractivity contribution is 0.158. The van der Waals surface area contributed by atoms with E-state index in [1.54, 1.807) is 0 Å². The third-order valence-electron chi connectivity index (χ3n) is 4.59. The smallest absolute Gasteiger partial charge is 0.0610 e. The van der Waals surface area contributed by atoms with E-state index in [0.717, 1.165) is 13.0 Å². The van der Waals surface area contributed by atoms with Gasteiger partial charge in [0.1, 0.15) is 0 Å². The van der Waals surface area contributed by atoms with E-state index in [2.05, 4.69) is 37.9 Å². The van der Waals surface area contributed by atoms with Crippen LogP contribution in [0.15, 0.2) is 0 Å². The fourth-order valence-corrected chi connectivity index (χ4v) is 3.05. The minimum atomic E-state index is -0.0974. The lowest BCUT2D eigenvalue weighted by Gasteiger charge is -2.30. The summed E-state index contributed by atoms with van der Waals surface area (Å²) in [7, 11) is 0. The summed E-state index contributed by atoms with van der Waals surface area (Å²) in [6.45, 7) is 13.8. The van der Waals surface area contributed by atoms with Gasteiger partial charge in [-0.3, -0.25) is 0 Å². The number of hydrogen-bond acceptors (Lipinski definition) is 3. The van der Waals surface area contributed by atoms with Crippen LogP contribution in [-0.4, -0.2) is 48.3 Å². The molecule has 3 heteroatoms. The molecule has 1 aliphatic rings. The largest absolute Gasteiger partial charge is 0.394 e. The van der Waals surface area contributed by atoms with Crippen LogP contribution in [0.4, 0.5) is 0 Å². The van der Waals surface area contributed by atoms with Gasteiger partial charge < -0.3 is 15.3 Å². The molecule has 3 nitrogen and oxygen atoms in total. The SMILES string of the molecule is CCNC(C)(CO)CCCN1CCCC(C)(C)CC1. The first-order valence-corrected chi connectivity index (χ1v) is 7.99. The third kappa shape index (κ3) is 6.24. The van der Waals surface area contributed by atoms with Crippen molar-refractivity contribution in [2.75, 3.05) is 32.8 Å². The molecule has 0 aromatic carbocycles. The van der Waals surface area contributed by atoms with Gasteiger partial charge in [-0.15, -0.1) is 0 Å². The van der Waals surface area contributed by atoms with Crippen molar-refractivity contribution < 1.29 is 5.11 Å². The van der Waals surface area contributed by atoms with Gasteiger partial charge in [0.05, 0.1) is 6.61 Å². The zero-order valence-electron chi connectivity index (χ0n) is 13.5. The highest BCUT2D eigenvalue weighted by molar-refractivity contribution is 4.82. The molecule has 1 fully saturated rings. The van der Waals surface area contributed by atoms with Crippen molar-refractivity contribution in [1.82, 2.24) is 10.2 Å². The Kier molecular flexibility index (Phi) is 6.78. The Morgan fingerprint density at radius 3 is 2.63 bits per heavy atom. The maximum atomic E-state index is 9.49. The van der Waals surface area contributed by atoms with Gasteiger partial charge in [-0.2, -0.15) is 0 Å². The highest BCUT2D eigenvalue weighted by Crippen LogP contribution is 2.29. The minimum Gasteiger partial charge on any atom is -0.394 e. The van der Waals surface area contributed by atoms with Crippen molar-refractivity contribution >= 4 is 0 Å². The highest BCUT2D eigenvalue weighted by Gasteiger charge is 2.24. The van der Waals surface area contributed by atoms with Gasteiger partial charge >= 0.3 is 0 Å². The number of aliphatic hydroxyl groups is 1. The quantitative estimate of drug-likeness (QED) is 0.746. The maximum absolute atomic E-state index is 9.49. The number of nitrogens with zero attached hydrogens (tertiary/aromatic N) is 1. The molecule has 0 radical (unpaired) electrons. The van der Waals surface area contributed by atoms with E-state index in [1.807, 2.05) is 0 Å². The van der Waals surface area contributed by atoms with Gasteiger partial charge in [-0.1, -0.05) is 20.8 Å². The van der Waals surface area contributed by atoms with Crippen LogP contribution in [0.3, 0.4) is 0 Å². The van der Waals surface area contributed by atoms with Crippen LogP contribution in [-0.2, 0) is 0 Å². The van der Waals surface area contributed by atoms with E-state index in [-0.39, 0.29) is 12.1 Å². The third-order valence-corrected chi connectivity index (χ3v) is 4.59. The van der Waals surface area contributed by atoms with E-state index in [9.17, 15) is 5.11 Å². The number of likely N-dealkylation sites (N-methyl/N-ethyl adjacent to an activating group) is 1. The summed E-state index contributed by atoms with van der Waals surface area (Å²) in [5.74, 6) is 0. The van der Waals surface area contributed by atoms with Crippen molar-refractivity contribution in [1.29, 1.82) is 0 Å². The van der Waals surface area contributed by atoms with E-state index in [4.69, 9.17) is 0 Å². The summed E-state index contributed by atoms with van der Waals surface area (Å²) >= 11 is 0. The number of aliphatic hydroxyl groups excluding tert-OH is 1. The van der Waals surface area contributed by atoms with Crippen molar-refractivity contribution in [3.8, 4) is 0 Å². The summed E-state index contributed by atoms with van der Waals surface area (Å²) < 4.78 is 0. The second kappa shape index (κ2) is 7.61. The average Bonchev–Trinajstić information content (AvgIpc) is 2.51. The number of nitrogens with one attached hydrogen (secondary N) is 1. The minimum absolute atomic E-state index is 0.0974. The highest BCUT2D eigenvalue weighted by atomic mass is 16.3. The maximum Gasteiger partial charge on any atom is 0.0610 e. The van der Waals surface area contributed by atoms with E-state index >= 15 is 0 Å². The molecule has 0 aromatic heterocycles. The number of likely N-dealkylation sites (tertiary alicyclic amines) is 1. The first-order valence-electron chi connectivity index (χ1n) is 7.99. The summed E-state index contributed by atoms with van der Waals surface area (Å²) in [4.78, 5) is 2.61. The molecule has 0 amide bonds. The normalized spacial score (nSPS) is 23.8. The molecule has 0 bridgehead atoms. The molecule has 0 aromatic rings. The lowest BCUT2D eigenvalue weighted by atomic mass is 9.85. The van der Waals surface area contributed by atoms with Gasteiger partial charge in [0.15, 0.2) is 0 Å². The van der Waals surface area contributed by atoms with Gasteiger partial charge in [-0.25, -0.2) is 0 Å². The zero-order valence-corrected chi connectivity index (χ0v) is 13.5. The summed E-state index contributed by atoms with van der Waals surface area (Å²) in [6.07, 6.45) is 6.23. The van der Waals surface area contributed by atoms with E-state index < -0.39 is 0 Å². The fourth-order valence-electron chi connectivity index (χ4n) is 3.05. The predicted octanol–water partition coefficient (Wildman–Crippen LogP) is 2.64. The average molecular weight is 270 g/mol. The Morgan fingerprint density at radius 2 is 2.00 bits per heavy atom. The molecule has 0 spiro atoms. The van der Waals surface area contributed by atoms with Crippen LogP contribution in [0, 0.1) is 5.41 Å². The number of hydrogen-bond donors (Lipinski definition) is 2. The first kappa shape index (κ1) is 16.9. The molecule has 0 saturated carbocycles. The predicted molar refractivity (Wildman–Crippen MR) is 82.5 cm³/mol. The molecule has 0 aliphatic carbocycles. The fraction of sp³-hybridized carbons (Fsp3) is 1.00. The van der Waals surface area contributed by atoms with Crippen molar-refractivity contribution in [2.24, 2.45) is 5.41 Å². The molecule has 114 valence electrons. The standard InChI is InChI=1S/C16H34N2O/c1-5-17-16(4,14-19)9-7-12-18-11-6-8-15(2,3)10-13-18/h17,19H,5-14H2,1-4H3. The second-order valence-electron chi connectivity index (χ2n) is 7.21. The van der Waals surface area contributed by atoms with Gasteiger partial charge in [0.2, 0.25) is 0 Å². The van der Waals surface area contributed by atoms with Crippen LogP contribution < -0.4 is 5.32 Å². The van der Waals surface area contributed by atoms with Crippen LogP contribution in [0.2, 0.25) is 0 Å². The summed E-state index contributed by atoms with van der Waals surface area (Å²) in [5, 5.41) is 12.9. The van der Waals surface area contributed by atoms with E-state index in [0.29, 0.717) is 5.41 Å². The van der Waals surface area contributed by atoms with Crippen LogP contribution >= 0.6 is 0 Å². The zero-order chi connectivity index (χ0) is 14.4. The van der Waals surface area contributed by atoms with Crippen LogP contribution in [0.1, 0.15) is 59.8 Å². The molecule has 1 unspecified atom stereocenters. The summed E-state index contributed by atoms with van der Waals surface area (Å²) in [5.41, 5.74) is 0.429. The van der Waals surface area contributed by atoms with Crippen molar-refractivity contribution in [2.45, 2.75) is 65.3 Å². The molecule has 1 saturated heterocycles. The summed E-state index contributed by atoms with van der Waals surface area (Å²) in [6, 6.07) is 0. The Hall–Kier alpha value is -0.120. The lowest BCUT2D eigenvalue weighted by Crippen LogP contribution is -2.46. The Labute approximate surface area is 119 Å². The molecule has 1 aliphatic heterocycles. The molecule has 19 heavy (non-hydrogen) atoms. The topological polar surface area (TPSA) is 35.5 Å². The Bertz CT molecular complexity index is 255. The molecule has 2 N–H and O–H groups in total. The Balaban J connectivity index is 2.29.